The molecule has 1 heterocycles. The lowest BCUT2D eigenvalue weighted by molar-refractivity contribution is -0.148. The number of aryl methyl sites for hydroxylation is 4. The summed E-state index contributed by atoms with van der Waals surface area (Å²) in [5, 5.41) is 68.7. The van der Waals surface area contributed by atoms with Crippen LogP contribution in [0.5, 0.6) is 34.5 Å². The molecule has 1 aliphatic heterocycles. The molecule has 0 aliphatic carbocycles. The molecule has 8 bridgehead atoms. The number of carbonyl (C=O) groups excluding carboxylic acids is 2. The Morgan fingerprint density at radius 2 is 0.682 bits per heavy atom. The molecule has 0 saturated heterocycles. The smallest absolute Gasteiger partial charge is 0.323 e. The van der Waals surface area contributed by atoms with Crippen molar-refractivity contribution < 1.29 is 49.7 Å². The number of methoxy groups -OCH3 is 2. The number of hydrogen-bond acceptors (Lipinski definition) is 12. The molecule has 0 unspecified atom stereocenters. The van der Waals surface area contributed by atoms with Gasteiger partial charge in [-0.25, -0.2) is 0 Å². The number of benzene rings is 6. The van der Waals surface area contributed by atoms with Crippen LogP contribution >= 0.6 is 0 Å². The van der Waals surface area contributed by atoms with E-state index in [9.17, 15) is 40.2 Å². The maximum Gasteiger partial charge on any atom is 0.323 e. The SMILES string of the molecule is COC(=O)[C@H](Cc1ccc(O)cc1)N1Cc2cc(C)cc(c2O)Cc2cc(C)cc(c2O)CN([C@@H](Cc2ccc(O)cc2)C(=O)OC)Cc2cc(C)cc(c2O)Cc2cc(C)cc(c2O)C1. The zero-order chi connectivity index (χ0) is 47.4. The number of nitrogens with zero attached hydrogens (tertiary/aromatic N) is 2. The summed E-state index contributed by atoms with van der Waals surface area (Å²) in [7, 11) is 2.64. The zero-order valence-electron chi connectivity index (χ0n) is 38.3. The van der Waals surface area contributed by atoms with Gasteiger partial charge in [0.1, 0.15) is 46.6 Å². The summed E-state index contributed by atoms with van der Waals surface area (Å²) in [6.45, 7) is 7.86. The molecule has 6 aromatic rings. The summed E-state index contributed by atoms with van der Waals surface area (Å²) in [6.07, 6.45) is 0.642. The van der Waals surface area contributed by atoms with Crippen LogP contribution in [0.2, 0.25) is 0 Å². The summed E-state index contributed by atoms with van der Waals surface area (Å²) < 4.78 is 10.8. The Labute approximate surface area is 385 Å². The second-order valence-corrected chi connectivity index (χ2v) is 17.7. The van der Waals surface area contributed by atoms with Crippen molar-refractivity contribution in [1.29, 1.82) is 0 Å². The van der Waals surface area contributed by atoms with Gasteiger partial charge in [-0.2, -0.15) is 0 Å². The van der Waals surface area contributed by atoms with Crippen molar-refractivity contribution >= 4 is 11.9 Å². The van der Waals surface area contributed by atoms with Gasteiger partial charge >= 0.3 is 11.9 Å². The molecule has 6 N–H and O–H groups in total. The van der Waals surface area contributed by atoms with E-state index in [4.69, 9.17) is 9.47 Å². The van der Waals surface area contributed by atoms with Crippen LogP contribution in [0.1, 0.15) is 77.9 Å². The van der Waals surface area contributed by atoms with E-state index in [-0.39, 0.29) is 86.4 Å². The average Bonchev–Trinajstić information content (AvgIpc) is 3.28. The Morgan fingerprint density at radius 3 is 0.924 bits per heavy atom. The summed E-state index contributed by atoms with van der Waals surface area (Å²) in [4.78, 5) is 31.4. The maximum atomic E-state index is 13.9. The van der Waals surface area contributed by atoms with Crippen molar-refractivity contribution in [3.8, 4) is 34.5 Å². The van der Waals surface area contributed by atoms with Crippen LogP contribution < -0.4 is 0 Å². The Morgan fingerprint density at radius 1 is 0.439 bits per heavy atom. The van der Waals surface area contributed by atoms with Gasteiger partial charge in [-0.3, -0.25) is 19.4 Å². The van der Waals surface area contributed by atoms with Crippen LogP contribution in [0.15, 0.2) is 97.1 Å². The van der Waals surface area contributed by atoms with Gasteiger partial charge in [0.15, 0.2) is 0 Å². The molecule has 0 spiro atoms. The van der Waals surface area contributed by atoms with Gasteiger partial charge in [0.05, 0.1) is 14.2 Å². The highest BCUT2D eigenvalue weighted by Crippen LogP contribution is 2.38. The Hall–Kier alpha value is -7.02. The maximum absolute atomic E-state index is 13.9. The molecule has 6 aromatic carbocycles. The van der Waals surface area contributed by atoms with E-state index in [1.54, 1.807) is 48.5 Å². The molecule has 0 aromatic heterocycles. The van der Waals surface area contributed by atoms with Crippen LogP contribution in [0.4, 0.5) is 0 Å². The Kier molecular flexibility index (Phi) is 14.2. The quantitative estimate of drug-likeness (QED) is 0.0808. The summed E-state index contributed by atoms with van der Waals surface area (Å²) in [6, 6.07) is 26.2. The second-order valence-electron chi connectivity index (χ2n) is 17.7. The molecular weight excluding hydrogens is 837 g/mol. The Bertz CT molecular complexity index is 2440. The minimum Gasteiger partial charge on any atom is -0.508 e. The van der Waals surface area contributed by atoms with Gasteiger partial charge in [0, 0.05) is 61.3 Å². The van der Waals surface area contributed by atoms with Crippen LogP contribution in [-0.4, -0.2) is 78.7 Å². The number of aromatic hydroxyl groups is 6. The number of hydrogen-bond donors (Lipinski definition) is 6. The van der Waals surface area contributed by atoms with E-state index in [1.807, 2.05) is 86.0 Å². The average molecular weight is 895 g/mol. The lowest BCUT2D eigenvalue weighted by atomic mass is 9.93. The van der Waals surface area contributed by atoms with Gasteiger partial charge in [-0.05, 0) is 98.2 Å². The van der Waals surface area contributed by atoms with Gasteiger partial charge in [-0.15, -0.1) is 0 Å². The first kappa shape index (κ1) is 47.0. The third-order valence-electron chi connectivity index (χ3n) is 12.5. The largest absolute Gasteiger partial charge is 0.508 e. The molecule has 2 atom stereocenters. The number of rotatable bonds is 8. The molecule has 12 heteroatoms. The number of phenols is 6. The molecule has 7 rings (SSSR count). The molecule has 12 nitrogen and oxygen atoms in total. The third kappa shape index (κ3) is 10.7. The first-order valence-electron chi connectivity index (χ1n) is 21.9. The molecular formula is C54H58N2O10. The highest BCUT2D eigenvalue weighted by atomic mass is 16.5. The normalized spacial score (nSPS) is 14.5. The third-order valence-corrected chi connectivity index (χ3v) is 12.5. The minimum absolute atomic E-state index is 0.0181. The lowest BCUT2D eigenvalue weighted by Gasteiger charge is -2.32. The van der Waals surface area contributed by atoms with Crippen LogP contribution in [0.25, 0.3) is 0 Å². The fraction of sp³-hybridized carbons (Fsp3) is 0.296. The van der Waals surface area contributed by atoms with Crippen LogP contribution in [-0.2, 0) is 70.9 Å². The monoisotopic (exact) mass is 894 g/mol. The first-order chi connectivity index (χ1) is 31.5. The summed E-state index contributed by atoms with van der Waals surface area (Å²) in [5.41, 5.74) is 9.03. The number of ether oxygens (including phenoxy) is 2. The van der Waals surface area contributed by atoms with E-state index < -0.39 is 24.0 Å². The number of phenolic OH excluding ortho intramolecular Hbond substituents is 6. The molecule has 1 aliphatic rings. The fourth-order valence-electron chi connectivity index (χ4n) is 9.30. The van der Waals surface area contributed by atoms with E-state index in [2.05, 4.69) is 0 Å². The predicted octanol–water partition coefficient (Wildman–Crippen LogP) is 8.22. The fourth-order valence-corrected chi connectivity index (χ4v) is 9.30. The van der Waals surface area contributed by atoms with Crippen molar-refractivity contribution in [3.05, 3.63) is 175 Å². The minimum atomic E-state index is -0.901. The topological polar surface area (TPSA) is 180 Å². The first-order valence-corrected chi connectivity index (χ1v) is 21.9. The van der Waals surface area contributed by atoms with Gasteiger partial charge < -0.3 is 40.1 Å². The number of carbonyl (C=O) groups is 2. The van der Waals surface area contributed by atoms with Crippen molar-refractivity contribution in [2.45, 2.75) is 91.6 Å². The number of esters is 2. The summed E-state index contributed by atoms with van der Waals surface area (Å²) in [5.74, 6) is -0.969. The summed E-state index contributed by atoms with van der Waals surface area (Å²) >= 11 is 0. The molecule has 344 valence electrons. The predicted molar refractivity (Wildman–Crippen MR) is 251 cm³/mol. The van der Waals surface area contributed by atoms with Crippen LogP contribution in [0, 0.1) is 27.7 Å². The van der Waals surface area contributed by atoms with Crippen molar-refractivity contribution in [3.63, 3.8) is 0 Å². The second kappa shape index (κ2) is 20.0. The Balaban J connectivity index is 1.43. The van der Waals surface area contributed by atoms with Crippen LogP contribution in [0.3, 0.4) is 0 Å². The standard InChI is InChI=1S/C54H58N2O10/c1-31-15-37-25-38-16-32(2)20-43(50(38)60)29-56(48(54(64)66-6)24-36-9-13-46(58)14-10-36)30-44-22-34(4)18-40(52(44)62)26-39-17-33(3)21-42(51(39)61)28-55(27-41(19-31)49(37)59)47(53(63)65-5)23-35-7-11-45(57)12-8-35/h7-22,47-48,57-62H,23-30H2,1-6H3/t47-,48-/m0/s1. The van der Waals surface area contributed by atoms with Crippen molar-refractivity contribution in [2.24, 2.45) is 0 Å². The molecule has 0 radical (unpaired) electrons. The highest BCUT2D eigenvalue weighted by molar-refractivity contribution is 5.77. The number of fused-ring (bicyclic) bond motifs is 8. The highest BCUT2D eigenvalue weighted by Gasteiger charge is 2.32. The van der Waals surface area contributed by atoms with Gasteiger partial charge in [0.2, 0.25) is 0 Å². The molecule has 0 saturated carbocycles. The molecule has 0 fully saturated rings. The van der Waals surface area contributed by atoms with E-state index >= 15 is 0 Å². The van der Waals surface area contributed by atoms with E-state index in [0.29, 0.717) is 44.5 Å². The molecule has 0 amide bonds. The lowest BCUT2D eigenvalue weighted by Crippen LogP contribution is -2.42. The molecule has 66 heavy (non-hydrogen) atoms. The van der Waals surface area contributed by atoms with E-state index in [0.717, 1.165) is 33.4 Å². The van der Waals surface area contributed by atoms with E-state index in [1.165, 1.54) is 14.2 Å². The van der Waals surface area contributed by atoms with Crippen molar-refractivity contribution in [2.75, 3.05) is 14.2 Å². The zero-order valence-corrected chi connectivity index (χ0v) is 38.3. The van der Waals surface area contributed by atoms with Gasteiger partial charge in [0.25, 0.3) is 0 Å². The van der Waals surface area contributed by atoms with Crippen molar-refractivity contribution in [1.82, 2.24) is 9.80 Å². The van der Waals surface area contributed by atoms with Gasteiger partial charge in [-0.1, -0.05) is 95.1 Å².